The molecule has 120 valence electrons. The number of hydrogen-bond donors (Lipinski definition) is 1. The molecule has 0 saturated heterocycles. The van der Waals surface area contributed by atoms with E-state index < -0.39 is 26.6 Å². The first kappa shape index (κ1) is 17.8. The summed E-state index contributed by atoms with van der Waals surface area (Å²) in [5.41, 5.74) is 5.31. The lowest BCUT2D eigenvalue weighted by molar-refractivity contribution is 0.337. The molecule has 0 heterocycles. The number of sulfonamides is 1. The number of nitrogen functional groups attached to an aromatic ring is 1. The maximum atomic E-state index is 13.8. The van der Waals surface area contributed by atoms with Crippen LogP contribution in [0.2, 0.25) is 0 Å². The van der Waals surface area contributed by atoms with Gasteiger partial charge in [-0.05, 0) is 18.1 Å². The van der Waals surface area contributed by atoms with E-state index in [1.165, 1.54) is 4.31 Å². The van der Waals surface area contributed by atoms with Crippen molar-refractivity contribution in [1.82, 2.24) is 4.31 Å². The predicted molar refractivity (Wildman–Crippen MR) is 79.3 cm³/mol. The smallest absolute Gasteiger partial charge is 0.246 e. The largest absolute Gasteiger partial charge is 0.399 e. The molecule has 0 atom stereocenters. The fourth-order valence-corrected chi connectivity index (χ4v) is 3.78. The Morgan fingerprint density at radius 3 is 2.24 bits per heavy atom. The molecule has 0 saturated carbocycles. The Morgan fingerprint density at radius 1 is 1.19 bits per heavy atom. The third kappa shape index (κ3) is 3.91. The number of nitrogens with two attached hydrogens (primary N) is 1. The second-order valence-corrected chi connectivity index (χ2v) is 6.86. The maximum Gasteiger partial charge on any atom is 0.246 e. The van der Waals surface area contributed by atoms with Gasteiger partial charge in [0.2, 0.25) is 10.0 Å². The summed E-state index contributed by atoms with van der Waals surface area (Å²) in [6, 6.07) is 1.73. The minimum absolute atomic E-state index is 0.119. The summed E-state index contributed by atoms with van der Waals surface area (Å²) in [5.74, 6) is -2.46. The van der Waals surface area contributed by atoms with Crippen molar-refractivity contribution >= 4 is 15.7 Å². The van der Waals surface area contributed by atoms with Crippen LogP contribution in [0.25, 0.3) is 0 Å². The summed E-state index contributed by atoms with van der Waals surface area (Å²) in [7, 11) is -4.10. The average Bonchev–Trinajstić information content (AvgIpc) is 2.43. The van der Waals surface area contributed by atoms with Gasteiger partial charge >= 0.3 is 0 Å². The number of nitrogens with zero attached hydrogens (tertiary/aromatic N) is 1. The lowest BCUT2D eigenvalue weighted by Gasteiger charge is -2.25. The second-order valence-electron chi connectivity index (χ2n) is 4.95. The molecular formula is C14H22F2N2O2S. The fourth-order valence-electron chi connectivity index (χ4n) is 2.14. The van der Waals surface area contributed by atoms with Crippen LogP contribution in [0.3, 0.4) is 0 Å². The Hall–Kier alpha value is -1.21. The van der Waals surface area contributed by atoms with Crippen molar-refractivity contribution < 1.29 is 17.2 Å². The molecule has 1 rings (SSSR count). The van der Waals surface area contributed by atoms with Crippen molar-refractivity contribution in [3.8, 4) is 0 Å². The molecule has 0 amide bonds. The van der Waals surface area contributed by atoms with Gasteiger partial charge in [0.05, 0.1) is 0 Å². The molecule has 0 aliphatic heterocycles. The van der Waals surface area contributed by atoms with Crippen LogP contribution >= 0.6 is 0 Å². The van der Waals surface area contributed by atoms with Gasteiger partial charge < -0.3 is 5.73 Å². The van der Waals surface area contributed by atoms with Gasteiger partial charge in [-0.2, -0.15) is 4.31 Å². The van der Waals surface area contributed by atoms with Crippen LogP contribution in [0.4, 0.5) is 14.5 Å². The Labute approximate surface area is 125 Å². The standard InChI is InChI=1S/C14H22F2N2O2S/c1-4-10(5-2)9-18(6-3)21(19,20)13-8-11(17)7-12(15)14(13)16/h7-8,10H,4-6,9,17H2,1-3H3. The highest BCUT2D eigenvalue weighted by Gasteiger charge is 2.29. The van der Waals surface area contributed by atoms with Gasteiger partial charge in [-0.3, -0.25) is 0 Å². The zero-order valence-electron chi connectivity index (χ0n) is 12.6. The molecule has 0 aliphatic rings. The summed E-state index contributed by atoms with van der Waals surface area (Å²) < 4.78 is 53.4. The molecule has 21 heavy (non-hydrogen) atoms. The summed E-state index contributed by atoms with van der Waals surface area (Å²) in [6.45, 7) is 6.07. The third-order valence-corrected chi connectivity index (χ3v) is 5.54. The SMILES string of the molecule is CCC(CC)CN(CC)S(=O)(=O)c1cc(N)cc(F)c1F. The van der Waals surface area contributed by atoms with E-state index in [1.54, 1.807) is 6.92 Å². The average molecular weight is 320 g/mol. The molecule has 0 spiro atoms. The van der Waals surface area contributed by atoms with E-state index >= 15 is 0 Å². The predicted octanol–water partition coefficient (Wildman–Crippen LogP) is 2.99. The molecule has 1 aromatic carbocycles. The third-order valence-electron chi connectivity index (χ3n) is 3.60. The fraction of sp³-hybridized carbons (Fsp3) is 0.571. The Morgan fingerprint density at radius 2 is 1.76 bits per heavy atom. The van der Waals surface area contributed by atoms with E-state index in [0.29, 0.717) is 0 Å². The van der Waals surface area contributed by atoms with E-state index in [0.717, 1.165) is 25.0 Å². The molecule has 1 aromatic rings. The zero-order valence-corrected chi connectivity index (χ0v) is 13.4. The molecule has 0 fully saturated rings. The first-order chi connectivity index (χ1) is 9.77. The van der Waals surface area contributed by atoms with Crippen LogP contribution in [-0.4, -0.2) is 25.8 Å². The minimum atomic E-state index is -4.10. The molecule has 0 aromatic heterocycles. The first-order valence-corrected chi connectivity index (χ1v) is 8.46. The van der Waals surface area contributed by atoms with Crippen molar-refractivity contribution in [1.29, 1.82) is 0 Å². The minimum Gasteiger partial charge on any atom is -0.399 e. The van der Waals surface area contributed by atoms with Gasteiger partial charge in [-0.15, -0.1) is 0 Å². The van der Waals surface area contributed by atoms with Gasteiger partial charge in [0, 0.05) is 18.8 Å². The highest BCUT2D eigenvalue weighted by atomic mass is 32.2. The number of hydrogen-bond acceptors (Lipinski definition) is 3. The topological polar surface area (TPSA) is 63.4 Å². The van der Waals surface area contributed by atoms with E-state index in [2.05, 4.69) is 0 Å². The molecule has 0 unspecified atom stereocenters. The van der Waals surface area contributed by atoms with Crippen molar-refractivity contribution in [2.75, 3.05) is 18.8 Å². The van der Waals surface area contributed by atoms with Crippen LogP contribution in [-0.2, 0) is 10.0 Å². The van der Waals surface area contributed by atoms with Crippen molar-refractivity contribution in [3.63, 3.8) is 0 Å². The molecule has 0 aliphatic carbocycles. The monoisotopic (exact) mass is 320 g/mol. The summed E-state index contributed by atoms with van der Waals surface area (Å²) >= 11 is 0. The Bertz CT molecular complexity index is 587. The number of benzene rings is 1. The number of anilines is 1. The van der Waals surface area contributed by atoms with Gasteiger partial charge in [0.1, 0.15) is 4.90 Å². The molecular weight excluding hydrogens is 298 g/mol. The molecule has 0 radical (unpaired) electrons. The van der Waals surface area contributed by atoms with Crippen molar-refractivity contribution in [3.05, 3.63) is 23.8 Å². The quantitative estimate of drug-likeness (QED) is 0.786. The Kier molecular flexibility index (Phi) is 6.10. The van der Waals surface area contributed by atoms with E-state index in [9.17, 15) is 17.2 Å². The first-order valence-electron chi connectivity index (χ1n) is 7.02. The summed E-state index contributed by atoms with van der Waals surface area (Å²) in [6.07, 6.45) is 1.63. The van der Waals surface area contributed by atoms with Crippen LogP contribution in [0.1, 0.15) is 33.6 Å². The van der Waals surface area contributed by atoms with E-state index in [4.69, 9.17) is 5.73 Å². The highest BCUT2D eigenvalue weighted by Crippen LogP contribution is 2.25. The van der Waals surface area contributed by atoms with Crippen LogP contribution in [0.15, 0.2) is 17.0 Å². The number of rotatable bonds is 7. The Balaban J connectivity index is 3.25. The summed E-state index contributed by atoms with van der Waals surface area (Å²) in [4.78, 5) is -0.701. The van der Waals surface area contributed by atoms with Gasteiger partial charge in [-0.25, -0.2) is 17.2 Å². The molecule has 0 bridgehead atoms. The zero-order chi connectivity index (χ0) is 16.2. The van der Waals surface area contributed by atoms with Crippen LogP contribution < -0.4 is 5.73 Å². The number of halogens is 2. The van der Waals surface area contributed by atoms with Gasteiger partial charge in [-0.1, -0.05) is 33.6 Å². The lowest BCUT2D eigenvalue weighted by Crippen LogP contribution is -2.35. The second kappa shape index (κ2) is 7.17. The molecule has 7 heteroatoms. The molecule has 2 N–H and O–H groups in total. The van der Waals surface area contributed by atoms with Crippen LogP contribution in [0, 0.1) is 17.6 Å². The highest BCUT2D eigenvalue weighted by molar-refractivity contribution is 7.89. The summed E-state index contributed by atoms with van der Waals surface area (Å²) in [5, 5.41) is 0. The van der Waals surface area contributed by atoms with Crippen LogP contribution in [0.5, 0.6) is 0 Å². The maximum absolute atomic E-state index is 13.8. The lowest BCUT2D eigenvalue weighted by atomic mass is 10.0. The van der Waals surface area contributed by atoms with Crippen molar-refractivity contribution in [2.24, 2.45) is 5.92 Å². The van der Waals surface area contributed by atoms with Gasteiger partial charge in [0.25, 0.3) is 0 Å². The van der Waals surface area contributed by atoms with Crippen molar-refractivity contribution in [2.45, 2.75) is 38.5 Å². The van der Waals surface area contributed by atoms with E-state index in [1.807, 2.05) is 13.8 Å². The molecule has 4 nitrogen and oxygen atoms in total. The van der Waals surface area contributed by atoms with Gasteiger partial charge in [0.15, 0.2) is 11.6 Å². The normalized spacial score (nSPS) is 12.3. The van der Waals surface area contributed by atoms with E-state index in [-0.39, 0.29) is 24.7 Å².